The first-order valence-corrected chi connectivity index (χ1v) is 10.8. The molecule has 1 aromatic carbocycles. The van der Waals surface area contributed by atoms with E-state index >= 15 is 0 Å². The lowest BCUT2D eigenvalue weighted by Gasteiger charge is -2.19. The van der Waals surface area contributed by atoms with Crippen LogP contribution in [0.15, 0.2) is 23.2 Å². The maximum atomic E-state index is 5.70. The van der Waals surface area contributed by atoms with Gasteiger partial charge in [0.05, 0.1) is 20.3 Å². The summed E-state index contributed by atoms with van der Waals surface area (Å²) >= 11 is 0. The molecule has 0 spiro atoms. The van der Waals surface area contributed by atoms with E-state index in [0.717, 1.165) is 69.6 Å². The van der Waals surface area contributed by atoms with E-state index in [-0.39, 0.29) is 0 Å². The van der Waals surface area contributed by atoms with Gasteiger partial charge < -0.3 is 24.8 Å². The first-order chi connectivity index (χ1) is 14.2. The molecule has 0 bridgehead atoms. The average Bonchev–Trinajstić information content (AvgIpc) is 3.40. The van der Waals surface area contributed by atoms with E-state index < -0.39 is 0 Å². The number of guanidine groups is 1. The van der Waals surface area contributed by atoms with Crippen LogP contribution < -0.4 is 20.1 Å². The number of nitrogens with one attached hydrogen (secondary N) is 2. The Balaban J connectivity index is 1.49. The molecular formula is C22H36N4O3. The van der Waals surface area contributed by atoms with Crippen LogP contribution in [0.3, 0.4) is 0 Å². The number of rotatable bonds is 9. The molecule has 29 heavy (non-hydrogen) atoms. The number of nitrogens with zero attached hydrogens (tertiary/aromatic N) is 2. The third kappa shape index (κ3) is 6.78. The summed E-state index contributed by atoms with van der Waals surface area (Å²) in [4.78, 5) is 7.22. The Bertz CT molecular complexity index is 639. The van der Waals surface area contributed by atoms with Crippen molar-refractivity contribution in [2.75, 3.05) is 47.0 Å². The Morgan fingerprint density at radius 3 is 2.66 bits per heavy atom. The van der Waals surface area contributed by atoms with Gasteiger partial charge >= 0.3 is 0 Å². The lowest BCUT2D eigenvalue weighted by Crippen LogP contribution is -2.44. The smallest absolute Gasteiger partial charge is 0.191 e. The average molecular weight is 405 g/mol. The molecule has 0 aliphatic carbocycles. The van der Waals surface area contributed by atoms with Crippen molar-refractivity contribution < 1.29 is 14.2 Å². The van der Waals surface area contributed by atoms with Crippen LogP contribution in [0.4, 0.5) is 0 Å². The van der Waals surface area contributed by atoms with Gasteiger partial charge in [0.2, 0.25) is 0 Å². The lowest BCUT2D eigenvalue weighted by molar-refractivity contribution is 0.106. The largest absolute Gasteiger partial charge is 0.497 e. The van der Waals surface area contributed by atoms with E-state index in [9.17, 15) is 0 Å². The van der Waals surface area contributed by atoms with Gasteiger partial charge in [0.15, 0.2) is 5.96 Å². The monoisotopic (exact) mass is 404 g/mol. The number of aliphatic imine (C=N–C) groups is 1. The molecule has 7 heteroatoms. The fourth-order valence-corrected chi connectivity index (χ4v) is 4.02. The maximum absolute atomic E-state index is 5.70. The second kappa shape index (κ2) is 11.3. The summed E-state index contributed by atoms with van der Waals surface area (Å²) in [5.74, 6) is 2.59. The number of hydrogen-bond donors (Lipinski definition) is 2. The number of methoxy groups -OCH3 is 2. The van der Waals surface area contributed by atoms with Crippen molar-refractivity contribution in [1.29, 1.82) is 0 Å². The van der Waals surface area contributed by atoms with Crippen LogP contribution in [0.1, 0.15) is 38.2 Å². The van der Waals surface area contributed by atoms with Crippen LogP contribution in [0.2, 0.25) is 0 Å². The molecule has 7 nitrogen and oxygen atoms in total. The van der Waals surface area contributed by atoms with Crippen LogP contribution in [-0.4, -0.2) is 70.0 Å². The van der Waals surface area contributed by atoms with E-state index in [0.29, 0.717) is 12.1 Å². The second-order valence-electron chi connectivity index (χ2n) is 7.77. The summed E-state index contributed by atoms with van der Waals surface area (Å²) in [5.41, 5.74) is 1.21. The quantitative estimate of drug-likeness (QED) is 0.487. The standard InChI is InChI=1S/C22H36N4O3/c1-4-23-22(24-9-7-19-6-5-11-29-19)25-18-8-10-26(16-18)15-17-12-20(27-2)14-21(13-17)28-3/h12-14,18-19H,4-11,15-16H2,1-3H3,(H2,23,24,25). The summed E-state index contributed by atoms with van der Waals surface area (Å²) in [7, 11) is 3.38. The number of hydrogen-bond acceptors (Lipinski definition) is 5. The Morgan fingerprint density at radius 2 is 2.00 bits per heavy atom. The van der Waals surface area contributed by atoms with Gasteiger partial charge in [-0.2, -0.15) is 0 Å². The molecule has 2 aliphatic heterocycles. The van der Waals surface area contributed by atoms with Gasteiger partial charge in [-0.05, 0) is 50.3 Å². The van der Waals surface area contributed by atoms with Crippen LogP contribution in [-0.2, 0) is 11.3 Å². The van der Waals surface area contributed by atoms with Crippen LogP contribution in [0.5, 0.6) is 11.5 Å². The van der Waals surface area contributed by atoms with Gasteiger partial charge in [0.25, 0.3) is 0 Å². The highest BCUT2D eigenvalue weighted by Crippen LogP contribution is 2.24. The Hall–Kier alpha value is -1.99. The molecule has 0 amide bonds. The third-order valence-corrected chi connectivity index (χ3v) is 5.52. The normalized spacial score (nSPS) is 22.7. The zero-order valence-electron chi connectivity index (χ0n) is 18.1. The zero-order valence-corrected chi connectivity index (χ0v) is 18.1. The molecule has 2 heterocycles. The van der Waals surface area contributed by atoms with Gasteiger partial charge in [0, 0.05) is 51.4 Å². The molecule has 0 saturated carbocycles. The first-order valence-electron chi connectivity index (χ1n) is 10.8. The number of ether oxygens (including phenoxy) is 3. The molecule has 2 saturated heterocycles. The minimum absolute atomic E-state index is 0.392. The molecule has 0 radical (unpaired) electrons. The topological polar surface area (TPSA) is 67.4 Å². The Labute approximate surface area is 174 Å². The molecule has 162 valence electrons. The van der Waals surface area contributed by atoms with Crippen LogP contribution in [0.25, 0.3) is 0 Å². The van der Waals surface area contributed by atoms with Crippen molar-refractivity contribution in [3.05, 3.63) is 23.8 Å². The van der Waals surface area contributed by atoms with E-state index in [1.54, 1.807) is 14.2 Å². The van der Waals surface area contributed by atoms with Crippen molar-refractivity contribution in [3.8, 4) is 11.5 Å². The number of benzene rings is 1. The molecule has 2 N–H and O–H groups in total. The number of likely N-dealkylation sites (tertiary alicyclic amines) is 1. The maximum Gasteiger partial charge on any atom is 0.191 e. The highest BCUT2D eigenvalue weighted by atomic mass is 16.5. The van der Waals surface area contributed by atoms with E-state index in [4.69, 9.17) is 19.2 Å². The highest BCUT2D eigenvalue weighted by molar-refractivity contribution is 5.80. The van der Waals surface area contributed by atoms with Gasteiger partial charge in [-0.25, -0.2) is 0 Å². The van der Waals surface area contributed by atoms with Gasteiger partial charge in [-0.3, -0.25) is 9.89 Å². The highest BCUT2D eigenvalue weighted by Gasteiger charge is 2.23. The second-order valence-corrected chi connectivity index (χ2v) is 7.77. The minimum Gasteiger partial charge on any atom is -0.497 e. The van der Waals surface area contributed by atoms with E-state index in [1.807, 2.05) is 6.07 Å². The summed E-state index contributed by atoms with van der Waals surface area (Å²) < 4.78 is 16.5. The zero-order chi connectivity index (χ0) is 20.5. The molecule has 0 aromatic heterocycles. The molecule has 1 aromatic rings. The fraction of sp³-hybridized carbons (Fsp3) is 0.682. The van der Waals surface area contributed by atoms with Gasteiger partial charge in [0.1, 0.15) is 11.5 Å². The Morgan fingerprint density at radius 1 is 1.21 bits per heavy atom. The summed E-state index contributed by atoms with van der Waals surface area (Å²) in [6.07, 6.45) is 4.86. The molecule has 3 rings (SSSR count). The van der Waals surface area contributed by atoms with Crippen molar-refractivity contribution in [2.24, 2.45) is 4.99 Å². The predicted molar refractivity (Wildman–Crippen MR) is 116 cm³/mol. The van der Waals surface area contributed by atoms with Gasteiger partial charge in [-0.1, -0.05) is 0 Å². The lowest BCUT2D eigenvalue weighted by atomic mass is 10.2. The minimum atomic E-state index is 0.392. The predicted octanol–water partition coefficient (Wildman–Crippen LogP) is 2.40. The van der Waals surface area contributed by atoms with Crippen molar-refractivity contribution in [3.63, 3.8) is 0 Å². The molecule has 2 unspecified atom stereocenters. The molecule has 2 fully saturated rings. The fourth-order valence-electron chi connectivity index (χ4n) is 4.02. The first kappa shape index (κ1) is 21.7. The SMILES string of the molecule is CCNC(=NCCC1CCCO1)NC1CCN(Cc2cc(OC)cc(OC)c2)C1. The molecular weight excluding hydrogens is 368 g/mol. The van der Waals surface area contributed by atoms with E-state index in [1.165, 1.54) is 18.4 Å². The van der Waals surface area contributed by atoms with Crippen molar-refractivity contribution in [1.82, 2.24) is 15.5 Å². The Kier molecular flexibility index (Phi) is 8.43. The van der Waals surface area contributed by atoms with Gasteiger partial charge in [-0.15, -0.1) is 0 Å². The van der Waals surface area contributed by atoms with Crippen LogP contribution >= 0.6 is 0 Å². The van der Waals surface area contributed by atoms with Crippen LogP contribution in [0, 0.1) is 0 Å². The molecule has 2 aliphatic rings. The van der Waals surface area contributed by atoms with Crippen molar-refractivity contribution in [2.45, 2.75) is 51.3 Å². The molecule has 2 atom stereocenters. The summed E-state index contributed by atoms with van der Waals surface area (Å²) in [6, 6.07) is 6.48. The van der Waals surface area contributed by atoms with E-state index in [2.05, 4.69) is 34.6 Å². The summed E-state index contributed by atoms with van der Waals surface area (Å²) in [6.45, 7) is 7.63. The van der Waals surface area contributed by atoms with Crippen molar-refractivity contribution >= 4 is 5.96 Å². The summed E-state index contributed by atoms with van der Waals surface area (Å²) in [5, 5.41) is 6.99. The third-order valence-electron chi connectivity index (χ3n) is 5.52.